The summed E-state index contributed by atoms with van der Waals surface area (Å²) in [6.07, 6.45) is 5.26. The van der Waals surface area contributed by atoms with Gasteiger partial charge in [-0.3, -0.25) is 0 Å². The second-order valence-corrected chi connectivity index (χ2v) is 3.76. The van der Waals surface area contributed by atoms with Crippen LogP contribution >= 0.6 is 0 Å². The van der Waals surface area contributed by atoms with E-state index >= 15 is 0 Å². The van der Waals surface area contributed by atoms with E-state index in [1.54, 1.807) is 0 Å². The van der Waals surface area contributed by atoms with E-state index in [0.717, 1.165) is 13.0 Å². The Hall–Kier alpha value is -1.08. The third-order valence-electron chi connectivity index (χ3n) is 2.25. The quantitative estimate of drug-likeness (QED) is 0.773. The predicted molar refractivity (Wildman–Crippen MR) is 63.2 cm³/mol. The first kappa shape index (κ1) is 11.0. The van der Waals surface area contributed by atoms with Crippen molar-refractivity contribution in [2.24, 2.45) is 5.73 Å². The van der Waals surface area contributed by atoms with Crippen LogP contribution in [0.4, 0.5) is 0 Å². The molecule has 0 unspecified atom stereocenters. The summed E-state index contributed by atoms with van der Waals surface area (Å²) in [6.45, 7) is 5.16. The second kappa shape index (κ2) is 5.61. The Kier molecular flexibility index (Phi) is 4.41. The lowest BCUT2D eigenvalue weighted by Gasteiger charge is -2.08. The van der Waals surface area contributed by atoms with Gasteiger partial charge in [0.15, 0.2) is 0 Å². The summed E-state index contributed by atoms with van der Waals surface area (Å²) in [7, 11) is 0. The van der Waals surface area contributed by atoms with Crippen molar-refractivity contribution in [1.29, 1.82) is 0 Å². The highest BCUT2D eigenvalue weighted by Crippen LogP contribution is 2.20. The van der Waals surface area contributed by atoms with Gasteiger partial charge >= 0.3 is 0 Å². The molecule has 1 aromatic carbocycles. The van der Waals surface area contributed by atoms with E-state index in [2.05, 4.69) is 50.3 Å². The second-order valence-electron chi connectivity index (χ2n) is 3.76. The third-order valence-corrected chi connectivity index (χ3v) is 2.25. The van der Waals surface area contributed by atoms with Gasteiger partial charge in [-0.25, -0.2) is 0 Å². The van der Waals surface area contributed by atoms with Crippen molar-refractivity contribution in [1.82, 2.24) is 0 Å². The van der Waals surface area contributed by atoms with Crippen LogP contribution in [0.3, 0.4) is 0 Å². The predicted octanol–water partition coefficient (Wildman–Crippen LogP) is 3.17. The van der Waals surface area contributed by atoms with Gasteiger partial charge in [0.05, 0.1) is 0 Å². The molecular weight excluding hydrogens is 170 g/mol. The first-order valence-electron chi connectivity index (χ1n) is 5.21. The molecule has 0 radical (unpaired) electrons. The maximum atomic E-state index is 5.44. The fourth-order valence-electron chi connectivity index (χ4n) is 1.49. The van der Waals surface area contributed by atoms with E-state index in [1.165, 1.54) is 11.1 Å². The first-order chi connectivity index (χ1) is 6.75. The molecule has 0 bridgehead atoms. The number of benzene rings is 1. The minimum Gasteiger partial charge on any atom is -0.330 e. The molecule has 0 fully saturated rings. The van der Waals surface area contributed by atoms with E-state index in [1.807, 2.05) is 0 Å². The molecule has 0 aromatic heterocycles. The van der Waals surface area contributed by atoms with Crippen LogP contribution in [-0.4, -0.2) is 6.54 Å². The summed E-state index contributed by atoms with van der Waals surface area (Å²) in [4.78, 5) is 0. The van der Waals surface area contributed by atoms with Crippen LogP contribution in [0.15, 0.2) is 30.3 Å². The third kappa shape index (κ3) is 3.00. The minimum absolute atomic E-state index is 0.578. The highest BCUT2D eigenvalue weighted by molar-refractivity contribution is 5.54. The maximum absolute atomic E-state index is 5.44. The van der Waals surface area contributed by atoms with Crippen LogP contribution in [0.5, 0.6) is 0 Å². The van der Waals surface area contributed by atoms with E-state index in [-0.39, 0.29) is 0 Å². The van der Waals surface area contributed by atoms with Gasteiger partial charge in [-0.2, -0.15) is 0 Å². The molecule has 0 saturated heterocycles. The van der Waals surface area contributed by atoms with Crippen LogP contribution in [0.25, 0.3) is 6.08 Å². The van der Waals surface area contributed by atoms with Crippen LogP contribution in [-0.2, 0) is 0 Å². The SMILES string of the molecule is CC(C)c1ccccc1C=CCCN. The summed E-state index contributed by atoms with van der Waals surface area (Å²) in [6, 6.07) is 8.51. The van der Waals surface area contributed by atoms with E-state index in [0.29, 0.717) is 5.92 Å². The van der Waals surface area contributed by atoms with Gasteiger partial charge in [0.1, 0.15) is 0 Å². The van der Waals surface area contributed by atoms with Crippen LogP contribution in [0, 0.1) is 0 Å². The Morgan fingerprint density at radius 1 is 1.29 bits per heavy atom. The van der Waals surface area contributed by atoms with Gasteiger partial charge in [-0.15, -0.1) is 0 Å². The molecule has 1 nitrogen and oxygen atoms in total. The summed E-state index contributed by atoms with van der Waals surface area (Å²) in [5.74, 6) is 0.578. The van der Waals surface area contributed by atoms with Gasteiger partial charge < -0.3 is 5.73 Å². The molecule has 1 aromatic rings. The molecule has 0 saturated carbocycles. The largest absolute Gasteiger partial charge is 0.330 e. The van der Waals surface area contributed by atoms with Crippen molar-refractivity contribution >= 4 is 6.08 Å². The zero-order chi connectivity index (χ0) is 10.4. The Morgan fingerprint density at radius 3 is 2.64 bits per heavy atom. The van der Waals surface area contributed by atoms with Crippen molar-refractivity contribution in [3.8, 4) is 0 Å². The molecular formula is C13H19N. The van der Waals surface area contributed by atoms with Crippen molar-refractivity contribution in [3.63, 3.8) is 0 Å². The molecule has 0 aliphatic heterocycles. The van der Waals surface area contributed by atoms with E-state index in [9.17, 15) is 0 Å². The average molecular weight is 189 g/mol. The minimum atomic E-state index is 0.578. The Bertz CT molecular complexity index is 300. The highest BCUT2D eigenvalue weighted by Gasteiger charge is 2.01. The van der Waals surface area contributed by atoms with Crippen molar-refractivity contribution in [3.05, 3.63) is 41.5 Å². The Labute approximate surface area is 86.6 Å². The van der Waals surface area contributed by atoms with Gasteiger partial charge in [0.2, 0.25) is 0 Å². The fourth-order valence-corrected chi connectivity index (χ4v) is 1.49. The van der Waals surface area contributed by atoms with Gasteiger partial charge in [0.25, 0.3) is 0 Å². The molecule has 0 heterocycles. The number of rotatable bonds is 4. The van der Waals surface area contributed by atoms with Gasteiger partial charge in [0, 0.05) is 0 Å². The summed E-state index contributed by atoms with van der Waals surface area (Å²) < 4.78 is 0. The zero-order valence-electron chi connectivity index (χ0n) is 9.03. The van der Waals surface area contributed by atoms with E-state index < -0.39 is 0 Å². The molecule has 0 amide bonds. The molecule has 1 heteroatoms. The molecule has 0 aliphatic carbocycles. The Morgan fingerprint density at radius 2 is 2.00 bits per heavy atom. The van der Waals surface area contributed by atoms with Crippen LogP contribution in [0.2, 0.25) is 0 Å². The van der Waals surface area contributed by atoms with Crippen LogP contribution in [0.1, 0.15) is 37.3 Å². The molecule has 2 N–H and O–H groups in total. The summed E-state index contributed by atoms with van der Waals surface area (Å²) >= 11 is 0. The lowest BCUT2D eigenvalue weighted by molar-refractivity contribution is 0.864. The molecule has 14 heavy (non-hydrogen) atoms. The van der Waals surface area contributed by atoms with Gasteiger partial charge in [-0.1, -0.05) is 50.3 Å². The molecule has 0 spiro atoms. The number of hydrogen-bond donors (Lipinski definition) is 1. The Balaban J connectivity index is 2.84. The molecule has 0 atom stereocenters. The van der Waals surface area contributed by atoms with Crippen molar-refractivity contribution in [2.75, 3.05) is 6.54 Å². The maximum Gasteiger partial charge on any atom is -0.00425 e. The lowest BCUT2D eigenvalue weighted by Crippen LogP contribution is -1.95. The smallest absolute Gasteiger partial charge is 0.00425 e. The van der Waals surface area contributed by atoms with E-state index in [4.69, 9.17) is 5.73 Å². The number of nitrogens with two attached hydrogens (primary N) is 1. The molecule has 0 aliphatic rings. The normalized spacial score (nSPS) is 11.4. The van der Waals surface area contributed by atoms with Gasteiger partial charge in [-0.05, 0) is 30.0 Å². The molecule has 76 valence electrons. The first-order valence-corrected chi connectivity index (χ1v) is 5.21. The average Bonchev–Trinajstić information content (AvgIpc) is 2.19. The fraction of sp³-hybridized carbons (Fsp3) is 0.385. The monoisotopic (exact) mass is 189 g/mol. The highest BCUT2D eigenvalue weighted by atomic mass is 14.5. The van der Waals surface area contributed by atoms with Crippen LogP contribution < -0.4 is 5.73 Å². The lowest BCUT2D eigenvalue weighted by atomic mass is 9.97. The van der Waals surface area contributed by atoms with Crippen molar-refractivity contribution in [2.45, 2.75) is 26.2 Å². The summed E-state index contributed by atoms with van der Waals surface area (Å²) in [5.41, 5.74) is 8.16. The standard InChI is InChI=1S/C13H19N/c1-11(2)13-9-4-3-7-12(13)8-5-6-10-14/h3-5,7-9,11H,6,10,14H2,1-2H3. The summed E-state index contributed by atoms with van der Waals surface area (Å²) in [5, 5.41) is 0. The topological polar surface area (TPSA) is 26.0 Å². The zero-order valence-corrected chi connectivity index (χ0v) is 9.03. The number of hydrogen-bond acceptors (Lipinski definition) is 1. The van der Waals surface area contributed by atoms with Crippen molar-refractivity contribution < 1.29 is 0 Å². The molecule has 1 rings (SSSR count).